The second kappa shape index (κ2) is 5.42. The van der Waals surface area contributed by atoms with Crippen molar-refractivity contribution < 1.29 is 13.2 Å². The second-order valence-corrected chi connectivity index (χ2v) is 7.17. The lowest BCUT2D eigenvalue weighted by atomic mass is 10.0. The number of nitrogens with two attached hydrogens (primary N) is 1. The molecule has 6 nitrogen and oxygen atoms in total. The average molecular weight is 277 g/mol. The summed E-state index contributed by atoms with van der Waals surface area (Å²) in [5.41, 5.74) is 5.88. The van der Waals surface area contributed by atoms with Crippen LogP contribution in [0.25, 0.3) is 0 Å². The fourth-order valence-corrected chi connectivity index (χ4v) is 4.55. The van der Waals surface area contributed by atoms with Crippen LogP contribution in [0, 0.1) is 0 Å². The van der Waals surface area contributed by atoms with E-state index in [0.29, 0.717) is 26.2 Å². The van der Waals surface area contributed by atoms with Gasteiger partial charge >= 0.3 is 0 Å². The van der Waals surface area contributed by atoms with Crippen molar-refractivity contribution in [3.8, 4) is 0 Å². The van der Waals surface area contributed by atoms with Gasteiger partial charge in [-0.2, -0.15) is 17.0 Å². The van der Waals surface area contributed by atoms with Gasteiger partial charge in [0.25, 0.3) is 10.2 Å². The molecule has 2 saturated heterocycles. The summed E-state index contributed by atoms with van der Waals surface area (Å²) in [6.07, 6.45) is 1.44. The van der Waals surface area contributed by atoms with Crippen LogP contribution in [0.15, 0.2) is 0 Å². The van der Waals surface area contributed by atoms with Gasteiger partial charge in [0, 0.05) is 31.7 Å². The minimum absolute atomic E-state index is 0.0168. The summed E-state index contributed by atoms with van der Waals surface area (Å²) in [5, 5.41) is 0. The number of rotatable bonds is 2. The number of ether oxygens (including phenoxy) is 1. The molecular formula is C11H23N3O3S. The summed E-state index contributed by atoms with van der Waals surface area (Å²) in [6, 6.07) is 0.104. The highest BCUT2D eigenvalue weighted by molar-refractivity contribution is 7.86. The molecule has 2 heterocycles. The van der Waals surface area contributed by atoms with E-state index in [1.807, 2.05) is 13.8 Å². The monoisotopic (exact) mass is 277 g/mol. The molecule has 0 radical (unpaired) electrons. The third-order valence-corrected chi connectivity index (χ3v) is 5.80. The Morgan fingerprint density at radius 1 is 1.28 bits per heavy atom. The maximum absolute atomic E-state index is 12.6. The first kappa shape index (κ1) is 14.2. The molecule has 2 aliphatic rings. The molecule has 0 aromatic rings. The third kappa shape index (κ3) is 2.85. The van der Waals surface area contributed by atoms with E-state index in [4.69, 9.17) is 10.5 Å². The molecule has 0 bridgehead atoms. The fourth-order valence-electron chi connectivity index (χ4n) is 2.67. The molecule has 0 aromatic heterocycles. The van der Waals surface area contributed by atoms with E-state index in [1.165, 1.54) is 4.31 Å². The van der Waals surface area contributed by atoms with Crippen LogP contribution in [0.2, 0.25) is 0 Å². The van der Waals surface area contributed by atoms with Gasteiger partial charge in [-0.05, 0) is 26.7 Å². The van der Waals surface area contributed by atoms with E-state index in [9.17, 15) is 8.42 Å². The lowest BCUT2D eigenvalue weighted by Gasteiger charge is -2.40. The lowest BCUT2D eigenvalue weighted by molar-refractivity contribution is 0.00738. The largest absolute Gasteiger partial charge is 0.376 e. The Balaban J connectivity index is 2.10. The first-order chi connectivity index (χ1) is 8.41. The van der Waals surface area contributed by atoms with Crippen molar-refractivity contribution in [3.63, 3.8) is 0 Å². The molecule has 3 atom stereocenters. The Morgan fingerprint density at radius 2 is 2.00 bits per heavy atom. The van der Waals surface area contributed by atoms with Gasteiger partial charge in [0.2, 0.25) is 0 Å². The molecule has 0 saturated carbocycles. The normalized spacial score (nSPS) is 36.7. The number of hydrogen-bond acceptors (Lipinski definition) is 4. The van der Waals surface area contributed by atoms with E-state index in [2.05, 4.69) is 0 Å². The van der Waals surface area contributed by atoms with Gasteiger partial charge in [-0.15, -0.1) is 0 Å². The van der Waals surface area contributed by atoms with Gasteiger partial charge in [0.05, 0.1) is 12.7 Å². The van der Waals surface area contributed by atoms with Gasteiger partial charge < -0.3 is 10.5 Å². The van der Waals surface area contributed by atoms with E-state index in [0.717, 1.165) is 12.8 Å². The Hall–Kier alpha value is -0.210. The van der Waals surface area contributed by atoms with Crippen LogP contribution in [-0.4, -0.2) is 61.5 Å². The van der Waals surface area contributed by atoms with Crippen molar-refractivity contribution >= 4 is 10.2 Å². The molecule has 106 valence electrons. The highest BCUT2D eigenvalue weighted by Gasteiger charge is 2.37. The zero-order valence-electron chi connectivity index (χ0n) is 11.1. The van der Waals surface area contributed by atoms with Gasteiger partial charge in [0.15, 0.2) is 0 Å². The molecule has 0 unspecified atom stereocenters. The summed E-state index contributed by atoms with van der Waals surface area (Å²) in [6.45, 7) is 5.72. The summed E-state index contributed by atoms with van der Waals surface area (Å²) in [7, 11) is -3.36. The molecule has 2 aliphatic heterocycles. The van der Waals surface area contributed by atoms with Gasteiger partial charge in [0.1, 0.15) is 0 Å². The number of nitrogens with zero attached hydrogens (tertiary/aromatic N) is 2. The standard InChI is InChI=1S/C11H23N3O3S/c1-9-7-11(12)3-4-14(9)18(15,16)13-5-6-17-10(2)8-13/h9-11H,3-8,12H2,1-2H3/t9-,10+,11-/m0/s1. The van der Waals surface area contributed by atoms with Crippen LogP contribution in [0.3, 0.4) is 0 Å². The third-order valence-electron chi connectivity index (χ3n) is 3.68. The summed E-state index contributed by atoms with van der Waals surface area (Å²) < 4.78 is 33.6. The van der Waals surface area contributed by atoms with E-state index >= 15 is 0 Å². The minimum atomic E-state index is -3.36. The first-order valence-corrected chi connectivity index (χ1v) is 7.95. The second-order valence-electron chi connectivity index (χ2n) is 5.29. The molecule has 0 spiro atoms. The van der Waals surface area contributed by atoms with E-state index in [1.54, 1.807) is 4.31 Å². The molecule has 2 N–H and O–H groups in total. The van der Waals surface area contributed by atoms with Crippen LogP contribution in [0.4, 0.5) is 0 Å². The van der Waals surface area contributed by atoms with Crippen LogP contribution < -0.4 is 5.73 Å². The Kier molecular flexibility index (Phi) is 4.28. The molecule has 0 aromatic carbocycles. The van der Waals surface area contributed by atoms with Crippen molar-refractivity contribution in [1.29, 1.82) is 0 Å². The topological polar surface area (TPSA) is 75.9 Å². The molecule has 18 heavy (non-hydrogen) atoms. The molecule has 2 fully saturated rings. The van der Waals surface area contributed by atoms with Crippen molar-refractivity contribution in [2.45, 2.75) is 44.9 Å². The Labute approximate surface area is 109 Å². The van der Waals surface area contributed by atoms with Gasteiger partial charge in [-0.1, -0.05) is 0 Å². The van der Waals surface area contributed by atoms with Gasteiger partial charge in [-0.25, -0.2) is 0 Å². The highest BCUT2D eigenvalue weighted by atomic mass is 32.2. The first-order valence-electron chi connectivity index (χ1n) is 6.55. The molecular weight excluding hydrogens is 254 g/mol. The predicted molar refractivity (Wildman–Crippen MR) is 69.3 cm³/mol. The smallest absolute Gasteiger partial charge is 0.282 e. The van der Waals surface area contributed by atoms with E-state index in [-0.39, 0.29) is 18.2 Å². The zero-order chi connectivity index (χ0) is 13.3. The number of morpholine rings is 1. The summed E-state index contributed by atoms with van der Waals surface area (Å²) in [5.74, 6) is 0. The maximum atomic E-state index is 12.6. The highest BCUT2D eigenvalue weighted by Crippen LogP contribution is 2.23. The zero-order valence-corrected chi connectivity index (χ0v) is 11.9. The van der Waals surface area contributed by atoms with Crippen LogP contribution in [0.1, 0.15) is 26.7 Å². The molecule has 0 amide bonds. The lowest BCUT2D eigenvalue weighted by Crippen LogP contribution is -2.56. The van der Waals surface area contributed by atoms with Crippen molar-refractivity contribution in [2.24, 2.45) is 5.73 Å². The van der Waals surface area contributed by atoms with Crippen LogP contribution in [-0.2, 0) is 14.9 Å². The molecule has 2 rings (SSSR count). The van der Waals surface area contributed by atoms with Crippen LogP contribution in [0.5, 0.6) is 0 Å². The quantitative estimate of drug-likeness (QED) is 0.756. The molecule has 7 heteroatoms. The predicted octanol–water partition coefficient (Wildman–Crippen LogP) is -0.236. The van der Waals surface area contributed by atoms with Crippen molar-refractivity contribution in [2.75, 3.05) is 26.2 Å². The van der Waals surface area contributed by atoms with E-state index < -0.39 is 10.2 Å². The summed E-state index contributed by atoms with van der Waals surface area (Å²) >= 11 is 0. The van der Waals surface area contributed by atoms with Crippen molar-refractivity contribution in [1.82, 2.24) is 8.61 Å². The fraction of sp³-hybridized carbons (Fsp3) is 1.00. The van der Waals surface area contributed by atoms with Gasteiger partial charge in [-0.3, -0.25) is 0 Å². The SMILES string of the molecule is C[C@@H]1CN(S(=O)(=O)N2CC[C@H](N)C[C@@H]2C)CCO1. The average Bonchev–Trinajstić information content (AvgIpc) is 2.28. The Morgan fingerprint density at radius 3 is 2.61 bits per heavy atom. The number of piperidine rings is 1. The number of hydrogen-bond donors (Lipinski definition) is 1. The summed E-state index contributed by atoms with van der Waals surface area (Å²) in [4.78, 5) is 0. The minimum Gasteiger partial charge on any atom is -0.376 e. The molecule has 0 aliphatic carbocycles. The Bertz CT molecular complexity index is 387. The van der Waals surface area contributed by atoms with Crippen LogP contribution >= 0.6 is 0 Å². The van der Waals surface area contributed by atoms with Crippen molar-refractivity contribution in [3.05, 3.63) is 0 Å². The maximum Gasteiger partial charge on any atom is 0.282 e.